The summed E-state index contributed by atoms with van der Waals surface area (Å²) in [5.41, 5.74) is 3.03. The van der Waals surface area contributed by atoms with E-state index in [0.717, 1.165) is 34.3 Å². The Morgan fingerprint density at radius 2 is 2.14 bits per heavy atom. The maximum Gasteiger partial charge on any atom is 0.157 e. The number of aryl methyl sites for hydroxylation is 3. The van der Waals surface area contributed by atoms with Crippen molar-refractivity contribution >= 4 is 22.8 Å². The van der Waals surface area contributed by atoms with E-state index in [0.29, 0.717) is 0 Å². The Balaban J connectivity index is 1.97. The van der Waals surface area contributed by atoms with E-state index < -0.39 is 0 Å². The molecule has 0 aromatic carbocycles. The molecule has 0 aliphatic carbocycles. The molecule has 0 radical (unpaired) electrons. The highest BCUT2D eigenvalue weighted by Crippen LogP contribution is 2.26. The zero-order chi connectivity index (χ0) is 15.0. The van der Waals surface area contributed by atoms with Gasteiger partial charge in [-0.25, -0.2) is 9.97 Å². The standard InChI is InChI=1S/C15H19N5S/c1-5-12-8-14(20-13(19-12)6-7-16-20)17-9(2)15-10(3)21-11(4)18-15/h6-9,17H,5H2,1-4H3/t9-/m0/s1. The maximum atomic E-state index is 4.63. The topological polar surface area (TPSA) is 55.1 Å². The monoisotopic (exact) mass is 301 g/mol. The van der Waals surface area contributed by atoms with Gasteiger partial charge in [0, 0.05) is 22.7 Å². The van der Waals surface area contributed by atoms with Gasteiger partial charge in [0.1, 0.15) is 5.82 Å². The van der Waals surface area contributed by atoms with E-state index in [2.05, 4.69) is 47.2 Å². The van der Waals surface area contributed by atoms with Crippen LogP contribution in [0.3, 0.4) is 0 Å². The summed E-state index contributed by atoms with van der Waals surface area (Å²) in [7, 11) is 0. The highest BCUT2D eigenvalue weighted by Gasteiger charge is 2.15. The van der Waals surface area contributed by atoms with E-state index >= 15 is 0 Å². The molecule has 3 aromatic rings. The Morgan fingerprint density at radius 1 is 1.33 bits per heavy atom. The zero-order valence-corrected chi connectivity index (χ0v) is 13.5. The first-order chi connectivity index (χ1) is 10.1. The molecule has 3 heterocycles. The van der Waals surface area contributed by atoms with Crippen LogP contribution in [0, 0.1) is 13.8 Å². The largest absolute Gasteiger partial charge is 0.362 e. The Bertz CT molecular complexity index is 774. The first kappa shape index (κ1) is 14.0. The van der Waals surface area contributed by atoms with Crippen LogP contribution in [0.1, 0.15) is 41.2 Å². The van der Waals surface area contributed by atoms with E-state index in [4.69, 9.17) is 0 Å². The van der Waals surface area contributed by atoms with E-state index in [-0.39, 0.29) is 6.04 Å². The van der Waals surface area contributed by atoms with Crippen LogP contribution in [-0.4, -0.2) is 19.6 Å². The Morgan fingerprint density at radius 3 is 2.81 bits per heavy atom. The van der Waals surface area contributed by atoms with E-state index in [9.17, 15) is 0 Å². The van der Waals surface area contributed by atoms with Crippen LogP contribution >= 0.6 is 11.3 Å². The molecule has 0 spiro atoms. The fourth-order valence-electron chi connectivity index (χ4n) is 2.49. The highest BCUT2D eigenvalue weighted by atomic mass is 32.1. The molecular formula is C15H19N5S. The lowest BCUT2D eigenvalue weighted by Crippen LogP contribution is -2.12. The van der Waals surface area contributed by atoms with E-state index in [1.807, 2.05) is 17.5 Å². The van der Waals surface area contributed by atoms with Gasteiger partial charge in [-0.15, -0.1) is 11.3 Å². The summed E-state index contributed by atoms with van der Waals surface area (Å²) in [5, 5.41) is 8.96. The maximum absolute atomic E-state index is 4.63. The van der Waals surface area contributed by atoms with Crippen LogP contribution in [0.25, 0.3) is 5.65 Å². The summed E-state index contributed by atoms with van der Waals surface area (Å²) in [6.45, 7) is 8.39. The van der Waals surface area contributed by atoms with Crippen LogP contribution in [0.4, 0.5) is 5.82 Å². The van der Waals surface area contributed by atoms with Crippen molar-refractivity contribution in [2.45, 2.75) is 40.2 Å². The van der Waals surface area contributed by atoms with Crippen molar-refractivity contribution < 1.29 is 0 Å². The smallest absolute Gasteiger partial charge is 0.157 e. The van der Waals surface area contributed by atoms with Gasteiger partial charge in [-0.2, -0.15) is 9.61 Å². The third kappa shape index (κ3) is 2.63. The quantitative estimate of drug-likeness (QED) is 0.801. The van der Waals surface area contributed by atoms with Gasteiger partial charge >= 0.3 is 0 Å². The van der Waals surface area contributed by atoms with Gasteiger partial charge in [-0.3, -0.25) is 0 Å². The highest BCUT2D eigenvalue weighted by molar-refractivity contribution is 7.11. The second-order valence-corrected chi connectivity index (χ2v) is 6.54. The molecule has 1 atom stereocenters. The van der Waals surface area contributed by atoms with Gasteiger partial charge in [0.05, 0.1) is 22.9 Å². The molecule has 0 amide bonds. The average Bonchev–Trinajstić information content (AvgIpc) is 3.04. The number of nitrogens with zero attached hydrogens (tertiary/aromatic N) is 4. The van der Waals surface area contributed by atoms with Crippen molar-refractivity contribution in [3.05, 3.63) is 39.6 Å². The predicted molar refractivity (Wildman–Crippen MR) is 86.0 cm³/mol. The minimum Gasteiger partial charge on any atom is -0.362 e. The minimum absolute atomic E-state index is 0.134. The lowest BCUT2D eigenvalue weighted by Gasteiger charge is -2.16. The summed E-state index contributed by atoms with van der Waals surface area (Å²) in [6, 6.07) is 4.12. The van der Waals surface area contributed by atoms with Gasteiger partial charge in [-0.1, -0.05) is 6.92 Å². The summed E-state index contributed by atoms with van der Waals surface area (Å²) in [6.07, 6.45) is 2.68. The third-order valence-corrected chi connectivity index (χ3v) is 4.39. The number of anilines is 1. The Kier molecular flexibility index (Phi) is 3.63. The molecule has 0 unspecified atom stereocenters. The van der Waals surface area contributed by atoms with Crippen LogP contribution in [0.2, 0.25) is 0 Å². The van der Waals surface area contributed by atoms with Gasteiger partial charge in [0.25, 0.3) is 0 Å². The number of nitrogens with one attached hydrogen (secondary N) is 1. The minimum atomic E-state index is 0.134. The summed E-state index contributed by atoms with van der Waals surface area (Å²) in [4.78, 5) is 10.4. The van der Waals surface area contributed by atoms with Crippen molar-refractivity contribution in [1.82, 2.24) is 19.6 Å². The number of aromatic nitrogens is 4. The summed E-state index contributed by atoms with van der Waals surface area (Å²) in [5.74, 6) is 0.958. The lowest BCUT2D eigenvalue weighted by atomic mass is 10.2. The van der Waals surface area contributed by atoms with Crippen LogP contribution in [0.5, 0.6) is 0 Å². The number of hydrogen-bond acceptors (Lipinski definition) is 5. The number of rotatable bonds is 4. The zero-order valence-electron chi connectivity index (χ0n) is 12.7. The second kappa shape index (κ2) is 5.44. The van der Waals surface area contributed by atoms with Crippen molar-refractivity contribution in [3.63, 3.8) is 0 Å². The molecule has 0 aliphatic rings. The van der Waals surface area contributed by atoms with E-state index in [1.165, 1.54) is 4.88 Å². The Hall–Kier alpha value is -1.95. The normalized spacial score (nSPS) is 12.8. The fraction of sp³-hybridized carbons (Fsp3) is 0.400. The SMILES string of the molecule is CCc1cc(N[C@@H](C)c2nc(C)sc2C)n2nccc2n1. The molecular weight excluding hydrogens is 282 g/mol. The predicted octanol–water partition coefficient (Wildman–Crippen LogP) is 3.54. The third-order valence-electron chi connectivity index (χ3n) is 3.49. The molecule has 0 saturated heterocycles. The van der Waals surface area contributed by atoms with Gasteiger partial charge < -0.3 is 5.32 Å². The van der Waals surface area contributed by atoms with Gasteiger partial charge in [0.2, 0.25) is 0 Å². The lowest BCUT2D eigenvalue weighted by molar-refractivity contribution is 0.805. The first-order valence-electron chi connectivity index (χ1n) is 7.12. The van der Waals surface area contributed by atoms with Crippen LogP contribution < -0.4 is 5.32 Å². The number of thiazole rings is 1. The summed E-state index contributed by atoms with van der Waals surface area (Å²) >= 11 is 1.74. The molecule has 0 fully saturated rings. The molecule has 1 N–H and O–H groups in total. The van der Waals surface area contributed by atoms with Crippen molar-refractivity contribution in [2.75, 3.05) is 5.32 Å². The molecule has 110 valence electrons. The van der Waals surface area contributed by atoms with E-state index in [1.54, 1.807) is 17.5 Å². The summed E-state index contributed by atoms with van der Waals surface area (Å²) < 4.78 is 1.84. The Labute approximate surface area is 128 Å². The molecule has 0 aliphatic heterocycles. The van der Waals surface area contributed by atoms with Crippen molar-refractivity contribution in [3.8, 4) is 0 Å². The van der Waals surface area contributed by atoms with Crippen LogP contribution in [0.15, 0.2) is 18.3 Å². The molecule has 5 nitrogen and oxygen atoms in total. The number of hydrogen-bond donors (Lipinski definition) is 1. The van der Waals surface area contributed by atoms with Crippen molar-refractivity contribution in [1.29, 1.82) is 0 Å². The number of fused-ring (bicyclic) bond motifs is 1. The second-order valence-electron chi connectivity index (χ2n) is 5.13. The molecule has 0 bridgehead atoms. The molecule has 0 saturated carbocycles. The average molecular weight is 301 g/mol. The molecule has 3 rings (SSSR count). The molecule has 21 heavy (non-hydrogen) atoms. The fourth-order valence-corrected chi connectivity index (χ4v) is 3.40. The van der Waals surface area contributed by atoms with Gasteiger partial charge in [-0.05, 0) is 27.2 Å². The molecule has 3 aromatic heterocycles. The van der Waals surface area contributed by atoms with Crippen LogP contribution in [-0.2, 0) is 6.42 Å². The van der Waals surface area contributed by atoms with Crippen molar-refractivity contribution in [2.24, 2.45) is 0 Å². The van der Waals surface area contributed by atoms with Gasteiger partial charge in [0.15, 0.2) is 5.65 Å². The molecule has 6 heteroatoms. The first-order valence-corrected chi connectivity index (χ1v) is 7.94.